The molecule has 1 atom stereocenters. The zero-order chi connectivity index (χ0) is 18.9. The van der Waals surface area contributed by atoms with Gasteiger partial charge in [0, 0.05) is 19.3 Å². The van der Waals surface area contributed by atoms with Crippen LogP contribution in [0.5, 0.6) is 0 Å². The van der Waals surface area contributed by atoms with Gasteiger partial charge in [0.1, 0.15) is 11.7 Å². The Labute approximate surface area is 148 Å². The molecule has 0 N–H and O–H groups in total. The summed E-state index contributed by atoms with van der Waals surface area (Å²) in [6.07, 6.45) is -2.61. The summed E-state index contributed by atoms with van der Waals surface area (Å²) in [6.45, 7) is 0.533. The van der Waals surface area contributed by atoms with E-state index in [1.165, 1.54) is 28.2 Å². The SMILES string of the molecule is CN(Cc1ccco1)C(=O)C1CCN(c2ccc(C(F)(F)F)cc2)C1=O. The van der Waals surface area contributed by atoms with Crippen molar-refractivity contribution in [1.29, 1.82) is 0 Å². The first-order valence-corrected chi connectivity index (χ1v) is 8.03. The summed E-state index contributed by atoms with van der Waals surface area (Å²) in [6, 6.07) is 7.80. The Morgan fingerprint density at radius 3 is 2.54 bits per heavy atom. The van der Waals surface area contributed by atoms with Crippen molar-refractivity contribution in [2.45, 2.75) is 19.1 Å². The van der Waals surface area contributed by atoms with Gasteiger partial charge in [0.2, 0.25) is 11.8 Å². The van der Waals surface area contributed by atoms with Crippen LogP contribution in [0.2, 0.25) is 0 Å². The van der Waals surface area contributed by atoms with Gasteiger partial charge in [0.25, 0.3) is 0 Å². The van der Waals surface area contributed by atoms with E-state index in [1.54, 1.807) is 19.2 Å². The van der Waals surface area contributed by atoms with Crippen molar-refractivity contribution in [3.63, 3.8) is 0 Å². The van der Waals surface area contributed by atoms with Gasteiger partial charge in [-0.15, -0.1) is 0 Å². The van der Waals surface area contributed by atoms with Gasteiger partial charge < -0.3 is 14.2 Å². The Hall–Kier alpha value is -2.77. The maximum Gasteiger partial charge on any atom is 0.416 e. The van der Waals surface area contributed by atoms with Crippen molar-refractivity contribution in [3.8, 4) is 0 Å². The average Bonchev–Trinajstić information content (AvgIpc) is 3.23. The highest BCUT2D eigenvalue weighted by Crippen LogP contribution is 2.32. The van der Waals surface area contributed by atoms with Crippen LogP contribution in [-0.4, -0.2) is 30.3 Å². The minimum Gasteiger partial charge on any atom is -0.467 e. The van der Waals surface area contributed by atoms with Crippen molar-refractivity contribution in [1.82, 2.24) is 4.90 Å². The van der Waals surface area contributed by atoms with Crippen molar-refractivity contribution in [2.75, 3.05) is 18.5 Å². The highest BCUT2D eigenvalue weighted by molar-refractivity contribution is 6.09. The van der Waals surface area contributed by atoms with E-state index in [4.69, 9.17) is 4.42 Å². The van der Waals surface area contributed by atoms with E-state index in [0.717, 1.165) is 12.1 Å². The third kappa shape index (κ3) is 3.58. The monoisotopic (exact) mass is 366 g/mol. The number of nitrogens with zero attached hydrogens (tertiary/aromatic N) is 2. The first-order chi connectivity index (χ1) is 12.3. The maximum atomic E-state index is 12.6. The Balaban J connectivity index is 1.68. The van der Waals surface area contributed by atoms with Gasteiger partial charge in [0.15, 0.2) is 0 Å². The minimum atomic E-state index is -4.43. The third-order valence-electron chi connectivity index (χ3n) is 4.36. The third-order valence-corrected chi connectivity index (χ3v) is 4.36. The topological polar surface area (TPSA) is 53.8 Å². The fraction of sp³-hybridized carbons (Fsp3) is 0.333. The molecule has 2 aromatic rings. The minimum absolute atomic E-state index is 0.246. The van der Waals surface area contributed by atoms with E-state index in [2.05, 4.69) is 0 Å². The summed E-state index contributed by atoms with van der Waals surface area (Å²) in [5, 5.41) is 0. The van der Waals surface area contributed by atoms with Crippen molar-refractivity contribution < 1.29 is 27.2 Å². The van der Waals surface area contributed by atoms with Gasteiger partial charge in [-0.3, -0.25) is 9.59 Å². The van der Waals surface area contributed by atoms with Gasteiger partial charge in [-0.2, -0.15) is 13.2 Å². The number of hydrogen-bond donors (Lipinski definition) is 0. The molecule has 1 aromatic heterocycles. The summed E-state index contributed by atoms with van der Waals surface area (Å²) >= 11 is 0. The van der Waals surface area contributed by atoms with E-state index in [9.17, 15) is 22.8 Å². The van der Waals surface area contributed by atoms with Crippen LogP contribution < -0.4 is 4.90 Å². The summed E-state index contributed by atoms with van der Waals surface area (Å²) in [7, 11) is 1.58. The van der Waals surface area contributed by atoms with Gasteiger partial charge in [-0.25, -0.2) is 0 Å². The van der Waals surface area contributed by atoms with Crippen LogP contribution in [0.3, 0.4) is 0 Å². The van der Waals surface area contributed by atoms with Crippen LogP contribution in [-0.2, 0) is 22.3 Å². The predicted molar refractivity (Wildman–Crippen MR) is 87.1 cm³/mol. The lowest BCUT2D eigenvalue weighted by Crippen LogP contribution is -2.37. The predicted octanol–water partition coefficient (Wildman–Crippen LogP) is 3.31. The molecule has 0 aliphatic carbocycles. The van der Waals surface area contributed by atoms with Crippen LogP contribution in [0, 0.1) is 5.92 Å². The quantitative estimate of drug-likeness (QED) is 0.780. The molecule has 1 unspecified atom stereocenters. The molecule has 2 heterocycles. The molecule has 26 heavy (non-hydrogen) atoms. The zero-order valence-electron chi connectivity index (χ0n) is 14.0. The summed E-state index contributed by atoms with van der Waals surface area (Å²) < 4.78 is 43.1. The number of carbonyl (C=O) groups excluding carboxylic acids is 2. The van der Waals surface area contributed by atoms with Gasteiger partial charge in [-0.05, 0) is 42.8 Å². The van der Waals surface area contributed by atoms with Crippen molar-refractivity contribution in [2.24, 2.45) is 5.92 Å². The molecule has 1 aromatic carbocycles. The standard InChI is InChI=1S/C18H17F3N2O3/c1-22(11-14-3-2-10-26-14)16(24)15-8-9-23(17(15)25)13-6-4-12(5-7-13)18(19,20)21/h2-7,10,15H,8-9,11H2,1H3. The number of benzene rings is 1. The fourth-order valence-corrected chi connectivity index (χ4v) is 2.98. The molecule has 8 heteroatoms. The summed E-state index contributed by atoms with van der Waals surface area (Å²) in [4.78, 5) is 27.9. The number of furan rings is 1. The van der Waals surface area contributed by atoms with E-state index in [1.807, 2.05) is 0 Å². The van der Waals surface area contributed by atoms with E-state index in [-0.39, 0.29) is 19.0 Å². The lowest BCUT2D eigenvalue weighted by atomic mass is 10.1. The second-order valence-corrected chi connectivity index (χ2v) is 6.15. The Morgan fingerprint density at radius 2 is 1.96 bits per heavy atom. The molecule has 0 spiro atoms. The number of carbonyl (C=O) groups is 2. The molecule has 5 nitrogen and oxygen atoms in total. The smallest absolute Gasteiger partial charge is 0.416 e. The van der Waals surface area contributed by atoms with Crippen LogP contribution in [0.4, 0.5) is 18.9 Å². The molecule has 0 radical (unpaired) electrons. The van der Waals surface area contributed by atoms with Gasteiger partial charge in [0.05, 0.1) is 18.4 Å². The fourth-order valence-electron chi connectivity index (χ4n) is 2.98. The molecule has 1 fully saturated rings. The second kappa shape index (κ2) is 6.86. The first-order valence-electron chi connectivity index (χ1n) is 8.03. The Kier molecular flexibility index (Phi) is 4.76. The highest BCUT2D eigenvalue weighted by Gasteiger charge is 2.39. The molecule has 1 saturated heterocycles. The molecule has 0 saturated carbocycles. The second-order valence-electron chi connectivity index (χ2n) is 6.15. The Morgan fingerprint density at radius 1 is 1.27 bits per heavy atom. The molecule has 138 valence electrons. The number of amides is 2. The average molecular weight is 366 g/mol. The largest absolute Gasteiger partial charge is 0.467 e. The summed E-state index contributed by atoms with van der Waals surface area (Å²) in [5.74, 6) is -0.968. The molecule has 1 aliphatic rings. The first kappa shape index (κ1) is 18.0. The van der Waals surface area contributed by atoms with Crippen LogP contribution in [0.25, 0.3) is 0 Å². The van der Waals surface area contributed by atoms with E-state index >= 15 is 0 Å². The molecule has 0 bridgehead atoms. The van der Waals surface area contributed by atoms with Crippen molar-refractivity contribution >= 4 is 17.5 Å². The number of anilines is 1. The van der Waals surface area contributed by atoms with E-state index in [0.29, 0.717) is 17.9 Å². The van der Waals surface area contributed by atoms with Crippen LogP contribution in [0.15, 0.2) is 47.1 Å². The van der Waals surface area contributed by atoms with Gasteiger partial charge >= 0.3 is 6.18 Å². The van der Waals surface area contributed by atoms with E-state index < -0.39 is 23.6 Å². The number of halogens is 3. The lowest BCUT2D eigenvalue weighted by Gasteiger charge is -2.20. The normalized spacial score (nSPS) is 17.6. The number of rotatable bonds is 4. The Bertz CT molecular complexity index is 785. The molecule has 2 amide bonds. The van der Waals surface area contributed by atoms with Crippen molar-refractivity contribution in [3.05, 3.63) is 54.0 Å². The molecule has 3 rings (SSSR count). The highest BCUT2D eigenvalue weighted by atomic mass is 19.4. The van der Waals surface area contributed by atoms with Crippen LogP contribution in [0.1, 0.15) is 17.7 Å². The molecular formula is C18H17F3N2O3. The molecule has 1 aliphatic heterocycles. The number of alkyl halides is 3. The number of hydrogen-bond acceptors (Lipinski definition) is 3. The lowest BCUT2D eigenvalue weighted by molar-refractivity contribution is -0.139. The van der Waals surface area contributed by atoms with Gasteiger partial charge in [-0.1, -0.05) is 0 Å². The van der Waals surface area contributed by atoms with Crippen LogP contribution >= 0.6 is 0 Å². The molecular weight excluding hydrogens is 349 g/mol. The maximum absolute atomic E-state index is 12.6. The zero-order valence-corrected chi connectivity index (χ0v) is 14.0. The summed E-state index contributed by atoms with van der Waals surface area (Å²) in [5.41, 5.74) is -0.425.